The lowest BCUT2D eigenvalue weighted by atomic mass is 9.99. The van der Waals surface area contributed by atoms with Gasteiger partial charge in [0.05, 0.1) is 0 Å². The van der Waals surface area contributed by atoms with Crippen LogP contribution < -0.4 is 5.43 Å². The Hall–Kier alpha value is -2.47. The zero-order chi connectivity index (χ0) is 17.1. The number of hydrogen-bond acceptors (Lipinski definition) is 3. The third-order valence-corrected chi connectivity index (χ3v) is 4.26. The van der Waals surface area contributed by atoms with Crippen LogP contribution in [0.15, 0.2) is 41.5 Å². The van der Waals surface area contributed by atoms with Crippen molar-refractivity contribution in [3.05, 3.63) is 58.3 Å². The molecule has 1 N–H and O–H groups in total. The van der Waals surface area contributed by atoms with E-state index in [2.05, 4.69) is 0 Å². The molecule has 1 aliphatic heterocycles. The molecule has 0 saturated carbocycles. The van der Waals surface area contributed by atoms with Crippen molar-refractivity contribution in [1.82, 2.24) is 4.57 Å². The number of aromatic carboxylic acids is 1. The molecule has 0 bridgehead atoms. The predicted molar refractivity (Wildman–Crippen MR) is 86.6 cm³/mol. The molecule has 1 saturated heterocycles. The van der Waals surface area contributed by atoms with Gasteiger partial charge in [0.15, 0.2) is 0 Å². The molecule has 0 atom stereocenters. The molecule has 1 aromatic carbocycles. The first-order valence-electron chi connectivity index (χ1n) is 7.85. The van der Waals surface area contributed by atoms with Crippen molar-refractivity contribution in [1.29, 1.82) is 0 Å². The fraction of sp³-hybridized carbons (Fsp3) is 0.333. The van der Waals surface area contributed by atoms with Crippen LogP contribution >= 0.6 is 0 Å². The molecular weight excluding hydrogens is 313 g/mol. The molecule has 0 spiro atoms. The van der Waals surface area contributed by atoms with Crippen LogP contribution in [0.1, 0.15) is 23.2 Å². The first kappa shape index (κ1) is 16.4. The van der Waals surface area contributed by atoms with E-state index < -0.39 is 17.2 Å². The number of ether oxygens (including phenoxy) is 1. The number of pyridine rings is 1. The minimum absolute atomic E-state index is 0.196. The zero-order valence-corrected chi connectivity index (χ0v) is 13.1. The van der Waals surface area contributed by atoms with Crippen molar-refractivity contribution in [2.45, 2.75) is 19.4 Å². The van der Waals surface area contributed by atoms with Crippen LogP contribution in [0.5, 0.6) is 0 Å². The highest BCUT2D eigenvalue weighted by Crippen LogP contribution is 2.20. The summed E-state index contributed by atoms with van der Waals surface area (Å²) < 4.78 is 20.5. The second kappa shape index (κ2) is 6.97. The van der Waals surface area contributed by atoms with E-state index in [9.17, 15) is 19.1 Å². The Bertz CT molecular complexity index is 809. The number of benzene rings is 1. The van der Waals surface area contributed by atoms with E-state index >= 15 is 0 Å². The molecule has 0 amide bonds. The van der Waals surface area contributed by atoms with Gasteiger partial charge in [0.25, 0.3) is 0 Å². The van der Waals surface area contributed by atoms with Gasteiger partial charge in [-0.1, -0.05) is 12.1 Å². The summed E-state index contributed by atoms with van der Waals surface area (Å²) in [6.45, 7) is 1.98. The maximum atomic E-state index is 13.5. The van der Waals surface area contributed by atoms with Gasteiger partial charge in [-0.2, -0.15) is 0 Å². The summed E-state index contributed by atoms with van der Waals surface area (Å²) >= 11 is 0. The highest BCUT2D eigenvalue weighted by atomic mass is 19.1. The zero-order valence-electron chi connectivity index (χ0n) is 13.1. The van der Waals surface area contributed by atoms with Crippen LogP contribution in [0.4, 0.5) is 4.39 Å². The van der Waals surface area contributed by atoms with Crippen LogP contribution in [0.2, 0.25) is 0 Å². The Morgan fingerprint density at radius 3 is 2.71 bits per heavy atom. The summed E-state index contributed by atoms with van der Waals surface area (Å²) in [5, 5.41) is 9.31. The highest BCUT2D eigenvalue weighted by Gasteiger charge is 2.18. The number of nitrogens with zero attached hydrogens (tertiary/aromatic N) is 1. The fourth-order valence-electron chi connectivity index (χ4n) is 2.98. The van der Waals surface area contributed by atoms with E-state index in [-0.39, 0.29) is 11.1 Å². The van der Waals surface area contributed by atoms with Crippen LogP contribution in [0.25, 0.3) is 11.1 Å². The SMILES string of the molecule is O=C(O)c1cn(CC2CCOCC2)cc(-c2cccc(F)c2)c1=O. The summed E-state index contributed by atoms with van der Waals surface area (Å²) in [7, 11) is 0. The molecule has 6 heteroatoms. The van der Waals surface area contributed by atoms with E-state index in [1.54, 1.807) is 16.8 Å². The van der Waals surface area contributed by atoms with Gasteiger partial charge in [0.1, 0.15) is 11.4 Å². The van der Waals surface area contributed by atoms with E-state index in [0.29, 0.717) is 31.2 Å². The van der Waals surface area contributed by atoms with Gasteiger partial charge in [-0.15, -0.1) is 0 Å². The maximum Gasteiger partial charge on any atom is 0.341 e. The van der Waals surface area contributed by atoms with E-state index in [4.69, 9.17) is 4.74 Å². The average molecular weight is 331 g/mol. The van der Waals surface area contributed by atoms with E-state index in [1.165, 1.54) is 24.4 Å². The highest BCUT2D eigenvalue weighted by molar-refractivity contribution is 5.88. The molecule has 0 unspecified atom stereocenters. The maximum absolute atomic E-state index is 13.5. The number of hydrogen-bond donors (Lipinski definition) is 1. The molecule has 2 heterocycles. The molecule has 2 aromatic rings. The normalized spacial score (nSPS) is 15.4. The molecule has 126 valence electrons. The molecular formula is C18H18FNO4. The number of aromatic nitrogens is 1. The Morgan fingerprint density at radius 2 is 2.04 bits per heavy atom. The average Bonchev–Trinajstić information content (AvgIpc) is 2.57. The topological polar surface area (TPSA) is 68.5 Å². The number of rotatable bonds is 4. The van der Waals surface area contributed by atoms with Crippen molar-refractivity contribution in [3.63, 3.8) is 0 Å². The standard InChI is InChI=1S/C18H18FNO4/c19-14-3-1-2-13(8-14)15-10-20(9-12-4-6-24-7-5-12)11-16(17(15)21)18(22)23/h1-3,8,10-12H,4-7,9H2,(H,22,23). The van der Waals surface area contributed by atoms with Crippen LogP contribution in [0, 0.1) is 11.7 Å². The summed E-state index contributed by atoms with van der Waals surface area (Å²) in [6, 6.07) is 5.62. The van der Waals surface area contributed by atoms with E-state index in [0.717, 1.165) is 12.8 Å². The van der Waals surface area contributed by atoms with E-state index in [1.807, 2.05) is 0 Å². The Balaban J connectivity index is 2.03. The van der Waals surface area contributed by atoms with Crippen LogP contribution in [-0.4, -0.2) is 28.9 Å². The van der Waals surface area contributed by atoms with Gasteiger partial charge in [-0.3, -0.25) is 4.79 Å². The Labute approximate surface area is 138 Å². The van der Waals surface area contributed by atoms with Gasteiger partial charge >= 0.3 is 5.97 Å². The van der Waals surface area contributed by atoms with Crippen molar-refractivity contribution in [2.24, 2.45) is 5.92 Å². The van der Waals surface area contributed by atoms with Crippen molar-refractivity contribution >= 4 is 5.97 Å². The lowest BCUT2D eigenvalue weighted by Gasteiger charge is -2.23. The van der Waals surface area contributed by atoms with Crippen molar-refractivity contribution in [3.8, 4) is 11.1 Å². The smallest absolute Gasteiger partial charge is 0.341 e. The third-order valence-electron chi connectivity index (χ3n) is 4.26. The minimum atomic E-state index is -1.28. The lowest BCUT2D eigenvalue weighted by molar-refractivity contribution is 0.0609. The quantitative estimate of drug-likeness (QED) is 0.935. The summed E-state index contributed by atoms with van der Waals surface area (Å²) in [6.07, 6.45) is 4.76. The van der Waals surface area contributed by atoms with Crippen LogP contribution in [-0.2, 0) is 11.3 Å². The Morgan fingerprint density at radius 1 is 1.29 bits per heavy atom. The monoisotopic (exact) mass is 331 g/mol. The van der Waals surface area contributed by atoms with Gasteiger partial charge in [-0.05, 0) is 36.5 Å². The molecule has 5 nitrogen and oxygen atoms in total. The largest absolute Gasteiger partial charge is 0.477 e. The van der Waals surface area contributed by atoms with Crippen molar-refractivity contribution in [2.75, 3.05) is 13.2 Å². The molecule has 1 aliphatic rings. The molecule has 0 aliphatic carbocycles. The van der Waals surface area contributed by atoms with Gasteiger partial charge in [-0.25, -0.2) is 9.18 Å². The van der Waals surface area contributed by atoms with Crippen molar-refractivity contribution < 1.29 is 19.0 Å². The number of halogens is 1. The summed E-state index contributed by atoms with van der Waals surface area (Å²) in [5.41, 5.74) is -0.328. The lowest BCUT2D eigenvalue weighted by Crippen LogP contribution is -2.24. The number of carboxylic acid groups (broad SMARTS) is 1. The number of carbonyl (C=O) groups is 1. The number of carboxylic acids is 1. The van der Waals surface area contributed by atoms with Gasteiger partial charge in [0.2, 0.25) is 5.43 Å². The van der Waals surface area contributed by atoms with Gasteiger partial charge < -0.3 is 14.4 Å². The molecule has 0 radical (unpaired) electrons. The van der Waals surface area contributed by atoms with Crippen LogP contribution in [0.3, 0.4) is 0 Å². The molecule has 24 heavy (non-hydrogen) atoms. The first-order valence-corrected chi connectivity index (χ1v) is 7.85. The molecule has 1 fully saturated rings. The third kappa shape index (κ3) is 3.54. The Kier molecular flexibility index (Phi) is 4.76. The second-order valence-corrected chi connectivity index (χ2v) is 5.98. The predicted octanol–water partition coefficient (Wildman–Crippen LogP) is 2.78. The van der Waals surface area contributed by atoms with Gasteiger partial charge in [0, 0.05) is 37.7 Å². The second-order valence-electron chi connectivity index (χ2n) is 5.98. The summed E-state index contributed by atoms with van der Waals surface area (Å²) in [5.74, 6) is -1.38. The fourth-order valence-corrected chi connectivity index (χ4v) is 2.98. The molecule has 1 aromatic heterocycles. The minimum Gasteiger partial charge on any atom is -0.477 e. The summed E-state index contributed by atoms with van der Waals surface area (Å²) in [4.78, 5) is 23.8. The first-order chi connectivity index (χ1) is 11.5. The molecule has 3 rings (SSSR count).